The van der Waals surface area contributed by atoms with Crippen LogP contribution in [-0.4, -0.2) is 32.7 Å². The van der Waals surface area contributed by atoms with E-state index in [4.69, 9.17) is 12.2 Å². The number of hydrogen-bond acceptors (Lipinski definition) is 3. The average Bonchev–Trinajstić information content (AvgIpc) is 2.68. The molecule has 0 saturated carbocycles. The summed E-state index contributed by atoms with van der Waals surface area (Å²) in [5.74, 6) is -0.134. The molecule has 0 radical (unpaired) electrons. The van der Waals surface area contributed by atoms with E-state index in [-0.39, 0.29) is 5.91 Å². The van der Waals surface area contributed by atoms with E-state index in [1.165, 1.54) is 4.90 Å². The third kappa shape index (κ3) is 1.75. The van der Waals surface area contributed by atoms with E-state index in [1.54, 1.807) is 17.8 Å². The third-order valence-corrected chi connectivity index (χ3v) is 2.48. The molecule has 1 amide bonds. The van der Waals surface area contributed by atoms with Crippen LogP contribution in [0.1, 0.15) is 5.69 Å². The molecule has 5 nitrogen and oxygen atoms in total. The molecule has 1 fully saturated rings. The summed E-state index contributed by atoms with van der Waals surface area (Å²) in [6.45, 7) is 0. The van der Waals surface area contributed by atoms with Crippen LogP contribution >= 0.6 is 12.2 Å². The van der Waals surface area contributed by atoms with Gasteiger partial charge in [-0.1, -0.05) is 0 Å². The van der Waals surface area contributed by atoms with Crippen LogP contribution < -0.4 is 5.32 Å². The third-order valence-electron chi connectivity index (χ3n) is 2.11. The normalized spacial score (nSPS) is 18.8. The number of carbonyl (C=O) groups excluding carboxylic acids is 1. The van der Waals surface area contributed by atoms with E-state index in [1.807, 2.05) is 19.3 Å². The zero-order chi connectivity index (χ0) is 11.0. The van der Waals surface area contributed by atoms with Gasteiger partial charge in [-0.25, -0.2) is 0 Å². The first-order chi connectivity index (χ1) is 7.08. The molecule has 0 unspecified atom stereocenters. The van der Waals surface area contributed by atoms with Gasteiger partial charge in [-0.3, -0.25) is 14.4 Å². The molecule has 1 aliphatic rings. The molecule has 1 aliphatic heterocycles. The van der Waals surface area contributed by atoms with E-state index >= 15 is 0 Å². The van der Waals surface area contributed by atoms with E-state index in [0.29, 0.717) is 10.8 Å². The zero-order valence-electron chi connectivity index (χ0n) is 8.39. The first kappa shape index (κ1) is 9.85. The number of nitrogens with one attached hydrogen (secondary N) is 1. The molecule has 0 bridgehead atoms. The Bertz CT molecular complexity index is 462. The van der Waals surface area contributed by atoms with E-state index in [0.717, 1.165) is 5.69 Å². The minimum Gasteiger partial charge on any atom is -0.328 e. The number of carbonyl (C=O) groups is 1. The number of likely N-dealkylation sites (N-methyl/N-ethyl adjacent to an activating group) is 1. The Morgan fingerprint density at radius 1 is 1.53 bits per heavy atom. The Morgan fingerprint density at radius 3 is 2.73 bits per heavy atom. The summed E-state index contributed by atoms with van der Waals surface area (Å²) in [4.78, 5) is 13.0. The highest BCUT2D eigenvalue weighted by Gasteiger charge is 2.27. The average molecular weight is 222 g/mol. The Labute approximate surface area is 92.4 Å². The van der Waals surface area contributed by atoms with Gasteiger partial charge >= 0.3 is 0 Å². The molecule has 1 aromatic rings. The summed E-state index contributed by atoms with van der Waals surface area (Å²) in [5, 5.41) is 7.39. The molecule has 1 N–H and O–H groups in total. The van der Waals surface area contributed by atoms with Gasteiger partial charge in [0, 0.05) is 20.3 Å². The number of rotatable bonds is 1. The maximum absolute atomic E-state index is 11.6. The molecule has 1 saturated heterocycles. The predicted octanol–water partition coefficient (Wildman–Crippen LogP) is 0.107. The highest BCUT2D eigenvalue weighted by Crippen LogP contribution is 2.10. The highest BCUT2D eigenvalue weighted by atomic mass is 32.1. The minimum atomic E-state index is -0.134. The Morgan fingerprint density at radius 2 is 2.27 bits per heavy atom. The van der Waals surface area contributed by atoms with Crippen LogP contribution in [0, 0.1) is 0 Å². The number of hydrogen-bond donors (Lipinski definition) is 1. The van der Waals surface area contributed by atoms with Crippen molar-refractivity contribution in [2.75, 3.05) is 7.05 Å². The fourth-order valence-electron chi connectivity index (χ4n) is 1.28. The summed E-state index contributed by atoms with van der Waals surface area (Å²) >= 11 is 4.94. The summed E-state index contributed by atoms with van der Waals surface area (Å²) in [7, 11) is 3.46. The molecule has 6 heteroatoms. The van der Waals surface area contributed by atoms with Crippen LogP contribution in [0.15, 0.2) is 18.0 Å². The molecule has 0 aliphatic carbocycles. The number of aromatic nitrogens is 2. The molecule has 78 valence electrons. The van der Waals surface area contributed by atoms with Crippen molar-refractivity contribution < 1.29 is 4.79 Å². The van der Waals surface area contributed by atoms with Crippen molar-refractivity contribution in [3.8, 4) is 0 Å². The fraction of sp³-hybridized carbons (Fsp3) is 0.222. The maximum atomic E-state index is 11.6. The predicted molar refractivity (Wildman–Crippen MR) is 59.7 cm³/mol. The lowest BCUT2D eigenvalue weighted by atomic mass is 10.3. The molecule has 0 aromatic carbocycles. The van der Waals surface area contributed by atoms with Gasteiger partial charge in [0.25, 0.3) is 5.91 Å². The number of nitrogens with zero attached hydrogens (tertiary/aromatic N) is 3. The van der Waals surface area contributed by atoms with E-state index < -0.39 is 0 Å². The van der Waals surface area contributed by atoms with E-state index in [9.17, 15) is 4.79 Å². The largest absolute Gasteiger partial charge is 0.328 e. The Kier molecular flexibility index (Phi) is 2.28. The number of aryl methyl sites for hydroxylation is 1. The zero-order valence-corrected chi connectivity index (χ0v) is 9.21. The van der Waals surface area contributed by atoms with Crippen LogP contribution in [0.25, 0.3) is 6.08 Å². The van der Waals surface area contributed by atoms with Crippen molar-refractivity contribution in [3.05, 3.63) is 23.7 Å². The summed E-state index contributed by atoms with van der Waals surface area (Å²) in [6, 6.07) is 1.82. The minimum absolute atomic E-state index is 0.134. The van der Waals surface area contributed by atoms with Gasteiger partial charge in [0.1, 0.15) is 5.70 Å². The molecule has 1 aromatic heterocycles. The summed E-state index contributed by atoms with van der Waals surface area (Å²) in [5.41, 5.74) is 1.19. The summed E-state index contributed by atoms with van der Waals surface area (Å²) in [6.07, 6.45) is 3.49. The quantitative estimate of drug-likeness (QED) is 0.541. The van der Waals surface area contributed by atoms with Crippen LogP contribution in [0.2, 0.25) is 0 Å². The van der Waals surface area contributed by atoms with Gasteiger partial charge in [0.2, 0.25) is 0 Å². The highest BCUT2D eigenvalue weighted by molar-refractivity contribution is 7.80. The maximum Gasteiger partial charge on any atom is 0.276 e. The smallest absolute Gasteiger partial charge is 0.276 e. The standard InChI is InChI=1S/C9H10N4OS/c1-12-4-3-6(11-12)5-7-8(14)13(2)9(15)10-7/h3-5H,1-2H3,(H,10,15)/b7-5+. The molecule has 2 heterocycles. The van der Waals surface area contributed by atoms with Gasteiger partial charge in [-0.15, -0.1) is 0 Å². The molecular weight excluding hydrogens is 212 g/mol. The topological polar surface area (TPSA) is 50.2 Å². The lowest BCUT2D eigenvalue weighted by Gasteiger charge is -2.02. The van der Waals surface area contributed by atoms with Gasteiger partial charge in [-0.2, -0.15) is 5.10 Å². The summed E-state index contributed by atoms with van der Waals surface area (Å²) < 4.78 is 1.67. The fourth-order valence-corrected chi connectivity index (χ4v) is 1.47. The second-order valence-corrected chi connectivity index (χ2v) is 3.65. The van der Waals surface area contributed by atoms with E-state index in [2.05, 4.69) is 10.4 Å². The van der Waals surface area contributed by atoms with Gasteiger partial charge in [0.15, 0.2) is 5.11 Å². The second kappa shape index (κ2) is 3.47. The molecule has 2 rings (SSSR count). The Balaban J connectivity index is 2.29. The van der Waals surface area contributed by atoms with Crippen molar-refractivity contribution in [1.29, 1.82) is 0 Å². The van der Waals surface area contributed by atoms with Crippen molar-refractivity contribution >= 4 is 29.3 Å². The Hall–Kier alpha value is -1.69. The second-order valence-electron chi connectivity index (χ2n) is 3.27. The van der Waals surface area contributed by atoms with Crippen molar-refractivity contribution in [2.24, 2.45) is 7.05 Å². The van der Waals surface area contributed by atoms with Crippen LogP contribution in [0.5, 0.6) is 0 Å². The van der Waals surface area contributed by atoms with Crippen molar-refractivity contribution in [3.63, 3.8) is 0 Å². The lowest BCUT2D eigenvalue weighted by molar-refractivity contribution is -0.121. The van der Waals surface area contributed by atoms with Gasteiger partial charge < -0.3 is 5.32 Å². The van der Waals surface area contributed by atoms with Crippen LogP contribution in [0.3, 0.4) is 0 Å². The first-order valence-corrected chi connectivity index (χ1v) is 4.79. The molecule has 0 atom stereocenters. The SMILES string of the molecule is CN1C(=O)/C(=C\c2ccn(C)n2)NC1=S. The molecule has 15 heavy (non-hydrogen) atoms. The number of thiocarbonyl (C=S) groups is 1. The number of amides is 1. The van der Waals surface area contributed by atoms with Gasteiger partial charge in [0.05, 0.1) is 5.69 Å². The molecular formula is C9H10N4OS. The monoisotopic (exact) mass is 222 g/mol. The van der Waals surface area contributed by atoms with Crippen molar-refractivity contribution in [1.82, 2.24) is 20.0 Å². The van der Waals surface area contributed by atoms with Crippen molar-refractivity contribution in [2.45, 2.75) is 0 Å². The van der Waals surface area contributed by atoms with Crippen LogP contribution in [-0.2, 0) is 11.8 Å². The first-order valence-electron chi connectivity index (χ1n) is 4.38. The van der Waals surface area contributed by atoms with Gasteiger partial charge in [-0.05, 0) is 24.4 Å². The molecule has 0 spiro atoms. The van der Waals surface area contributed by atoms with Crippen LogP contribution in [0.4, 0.5) is 0 Å². The lowest BCUT2D eigenvalue weighted by Crippen LogP contribution is -2.25.